The zero-order chi connectivity index (χ0) is 14.0. The highest BCUT2D eigenvalue weighted by atomic mass is 79.9. The second kappa shape index (κ2) is 6.05. The van der Waals surface area contributed by atoms with Crippen molar-refractivity contribution in [3.63, 3.8) is 0 Å². The van der Waals surface area contributed by atoms with Gasteiger partial charge in [-0.1, -0.05) is 0 Å². The van der Waals surface area contributed by atoms with Crippen LogP contribution in [-0.4, -0.2) is 40.2 Å². The highest BCUT2D eigenvalue weighted by molar-refractivity contribution is 9.10. The molecule has 1 fully saturated rings. The fourth-order valence-corrected chi connectivity index (χ4v) is 3.10. The number of aromatic nitrogens is 2. The maximum Gasteiger partial charge on any atom is 0.237 e. The third-order valence-electron chi connectivity index (χ3n) is 3.72. The number of halogens is 1. The molecule has 1 aliphatic rings. The van der Waals surface area contributed by atoms with E-state index in [0.717, 1.165) is 48.3 Å². The summed E-state index contributed by atoms with van der Waals surface area (Å²) in [6, 6.07) is -0.00240. The Bertz CT molecular complexity index is 471. The van der Waals surface area contributed by atoms with Gasteiger partial charge in [0.25, 0.3) is 0 Å². The number of carbonyl (C=O) groups excluding carboxylic acids is 1. The molecule has 6 heteroatoms. The molecule has 1 N–H and O–H groups in total. The quantitative estimate of drug-likeness (QED) is 0.914. The lowest BCUT2D eigenvalue weighted by Gasteiger charge is -2.23. The molecule has 1 saturated heterocycles. The van der Waals surface area contributed by atoms with Crippen LogP contribution in [0.1, 0.15) is 31.2 Å². The molecule has 1 amide bonds. The predicted octanol–water partition coefficient (Wildman–Crippen LogP) is 1.68. The molecule has 19 heavy (non-hydrogen) atoms. The van der Waals surface area contributed by atoms with E-state index in [-0.39, 0.29) is 11.9 Å². The second-order valence-electron chi connectivity index (χ2n) is 4.90. The average Bonchev–Trinajstić information content (AvgIpc) is 2.98. The van der Waals surface area contributed by atoms with E-state index in [2.05, 4.69) is 38.2 Å². The van der Waals surface area contributed by atoms with Gasteiger partial charge in [0.1, 0.15) is 0 Å². The summed E-state index contributed by atoms with van der Waals surface area (Å²) in [5.41, 5.74) is 2.17. The average molecular weight is 329 g/mol. The lowest BCUT2D eigenvalue weighted by atomic mass is 10.2. The number of nitrogens with one attached hydrogen (secondary N) is 1. The molecule has 1 unspecified atom stereocenters. The van der Waals surface area contributed by atoms with Crippen LogP contribution < -0.4 is 5.32 Å². The van der Waals surface area contributed by atoms with Crippen LogP contribution in [0.15, 0.2) is 4.47 Å². The van der Waals surface area contributed by atoms with E-state index in [1.54, 1.807) is 7.05 Å². The Balaban J connectivity index is 2.18. The van der Waals surface area contributed by atoms with Crippen molar-refractivity contribution in [1.82, 2.24) is 20.0 Å². The van der Waals surface area contributed by atoms with Crippen LogP contribution in [0.3, 0.4) is 0 Å². The fourth-order valence-electron chi connectivity index (χ4n) is 2.69. The van der Waals surface area contributed by atoms with E-state index in [1.807, 2.05) is 11.6 Å². The minimum atomic E-state index is -0.00240. The Labute approximate surface area is 122 Å². The highest BCUT2D eigenvalue weighted by Crippen LogP contribution is 2.26. The van der Waals surface area contributed by atoms with Gasteiger partial charge >= 0.3 is 0 Å². The predicted molar refractivity (Wildman–Crippen MR) is 77.8 cm³/mol. The molecule has 0 aromatic carbocycles. The van der Waals surface area contributed by atoms with E-state index < -0.39 is 0 Å². The van der Waals surface area contributed by atoms with E-state index in [0.29, 0.717) is 0 Å². The van der Waals surface area contributed by atoms with Crippen molar-refractivity contribution in [3.05, 3.63) is 15.9 Å². The monoisotopic (exact) mass is 328 g/mol. The van der Waals surface area contributed by atoms with E-state index in [4.69, 9.17) is 0 Å². The summed E-state index contributed by atoms with van der Waals surface area (Å²) in [7, 11) is 1.70. The van der Waals surface area contributed by atoms with Crippen molar-refractivity contribution in [1.29, 1.82) is 0 Å². The molecule has 0 spiro atoms. The fraction of sp³-hybridized carbons (Fsp3) is 0.692. The van der Waals surface area contributed by atoms with E-state index >= 15 is 0 Å². The third kappa shape index (κ3) is 2.84. The van der Waals surface area contributed by atoms with Gasteiger partial charge in [0, 0.05) is 20.1 Å². The first-order chi connectivity index (χ1) is 9.08. The number of hydrogen-bond donors (Lipinski definition) is 1. The topological polar surface area (TPSA) is 50.2 Å². The molecule has 1 atom stereocenters. The van der Waals surface area contributed by atoms with Gasteiger partial charge in [-0.15, -0.1) is 0 Å². The summed E-state index contributed by atoms with van der Waals surface area (Å²) < 4.78 is 3.08. The number of aryl methyl sites for hydroxylation is 2. The first-order valence-corrected chi connectivity index (χ1v) is 7.55. The summed E-state index contributed by atoms with van der Waals surface area (Å²) in [6.45, 7) is 6.68. The summed E-state index contributed by atoms with van der Waals surface area (Å²) in [5, 5.41) is 7.26. The number of rotatable bonds is 4. The third-order valence-corrected chi connectivity index (χ3v) is 4.75. The van der Waals surface area contributed by atoms with Crippen LogP contribution in [0.4, 0.5) is 0 Å². The van der Waals surface area contributed by atoms with Gasteiger partial charge < -0.3 is 5.32 Å². The number of carbonyl (C=O) groups is 1. The molecular formula is C13H21BrN4O. The van der Waals surface area contributed by atoms with Crippen molar-refractivity contribution in [2.45, 2.75) is 45.8 Å². The number of amides is 1. The summed E-state index contributed by atoms with van der Waals surface area (Å²) in [4.78, 5) is 14.1. The van der Waals surface area contributed by atoms with Gasteiger partial charge in [0.2, 0.25) is 5.91 Å². The van der Waals surface area contributed by atoms with E-state index in [9.17, 15) is 4.79 Å². The zero-order valence-electron chi connectivity index (χ0n) is 11.7. The Hall–Kier alpha value is -0.880. The lowest BCUT2D eigenvalue weighted by molar-refractivity contribution is -0.125. The van der Waals surface area contributed by atoms with Crippen molar-refractivity contribution in [3.8, 4) is 0 Å². The zero-order valence-corrected chi connectivity index (χ0v) is 13.3. The molecule has 2 rings (SSSR count). The first kappa shape index (κ1) is 14.5. The van der Waals surface area contributed by atoms with Gasteiger partial charge in [-0.3, -0.25) is 14.4 Å². The van der Waals surface area contributed by atoms with Crippen LogP contribution in [0, 0.1) is 6.92 Å². The summed E-state index contributed by atoms with van der Waals surface area (Å²) >= 11 is 3.61. The van der Waals surface area contributed by atoms with Gasteiger partial charge in [-0.25, -0.2) is 0 Å². The van der Waals surface area contributed by atoms with Crippen molar-refractivity contribution in [2.24, 2.45) is 0 Å². The molecule has 0 bridgehead atoms. The van der Waals surface area contributed by atoms with Crippen molar-refractivity contribution in [2.75, 3.05) is 13.6 Å². The summed E-state index contributed by atoms with van der Waals surface area (Å²) in [5.74, 6) is 0.118. The highest BCUT2D eigenvalue weighted by Gasteiger charge is 2.31. The minimum Gasteiger partial charge on any atom is -0.358 e. The molecule has 5 nitrogen and oxygen atoms in total. The van der Waals surface area contributed by atoms with Crippen molar-refractivity contribution >= 4 is 21.8 Å². The van der Waals surface area contributed by atoms with Gasteiger partial charge in [-0.05, 0) is 49.2 Å². The SMILES string of the molecule is CCn1nc(C)c(Br)c1CN1CCCC1C(=O)NC. The van der Waals surface area contributed by atoms with Gasteiger partial charge in [0.05, 0.1) is 21.9 Å². The van der Waals surface area contributed by atoms with Crippen LogP contribution in [0.25, 0.3) is 0 Å². The van der Waals surface area contributed by atoms with Crippen LogP contribution >= 0.6 is 15.9 Å². The Kier molecular flexibility index (Phi) is 4.62. The molecular weight excluding hydrogens is 308 g/mol. The smallest absolute Gasteiger partial charge is 0.237 e. The first-order valence-electron chi connectivity index (χ1n) is 6.75. The van der Waals surface area contributed by atoms with Crippen molar-refractivity contribution < 1.29 is 4.79 Å². The van der Waals surface area contributed by atoms with E-state index in [1.165, 1.54) is 0 Å². The maximum atomic E-state index is 11.9. The van der Waals surface area contributed by atoms with Crippen LogP contribution in [0.2, 0.25) is 0 Å². The number of nitrogens with zero attached hydrogens (tertiary/aromatic N) is 3. The normalized spacial score (nSPS) is 19.9. The standard InChI is InChI=1S/C13H21BrN4O/c1-4-18-11(12(14)9(2)16-18)8-17-7-5-6-10(17)13(19)15-3/h10H,4-8H2,1-3H3,(H,15,19). The Morgan fingerprint density at radius 1 is 1.58 bits per heavy atom. The second-order valence-corrected chi connectivity index (χ2v) is 5.70. The summed E-state index contributed by atoms with van der Waals surface area (Å²) in [6.07, 6.45) is 2.02. The van der Waals surface area contributed by atoms with Crippen LogP contribution in [0.5, 0.6) is 0 Å². The molecule has 0 radical (unpaired) electrons. The molecule has 1 aromatic rings. The molecule has 0 saturated carbocycles. The van der Waals surface area contributed by atoms with Gasteiger partial charge in [-0.2, -0.15) is 5.10 Å². The maximum absolute atomic E-state index is 11.9. The largest absolute Gasteiger partial charge is 0.358 e. The van der Waals surface area contributed by atoms with Crippen LogP contribution in [-0.2, 0) is 17.9 Å². The lowest BCUT2D eigenvalue weighted by Crippen LogP contribution is -2.41. The molecule has 2 heterocycles. The Morgan fingerprint density at radius 3 is 2.95 bits per heavy atom. The minimum absolute atomic E-state index is 0.00240. The number of likely N-dealkylation sites (tertiary alicyclic amines) is 1. The molecule has 0 aliphatic carbocycles. The number of likely N-dealkylation sites (N-methyl/N-ethyl adjacent to an activating group) is 1. The Morgan fingerprint density at radius 2 is 2.32 bits per heavy atom. The number of hydrogen-bond acceptors (Lipinski definition) is 3. The molecule has 1 aromatic heterocycles. The molecule has 106 valence electrons. The molecule has 1 aliphatic heterocycles. The van der Waals surface area contributed by atoms with Gasteiger partial charge in [0.15, 0.2) is 0 Å².